The molecule has 3 aromatic rings. The Morgan fingerprint density at radius 3 is 2.77 bits per heavy atom. The van der Waals surface area contributed by atoms with Crippen molar-refractivity contribution in [2.24, 2.45) is 0 Å². The second-order valence-electron chi connectivity index (χ2n) is 5.47. The van der Waals surface area contributed by atoms with Crippen LogP contribution in [-0.4, -0.2) is 20.9 Å². The SMILES string of the molecule is Cc1cc(C)c2ccc(C(=O)NCc3nc[nH]c3C)cc2n1. The summed E-state index contributed by atoms with van der Waals surface area (Å²) >= 11 is 0. The molecule has 0 aliphatic heterocycles. The number of hydrogen-bond acceptors (Lipinski definition) is 3. The number of aromatic amines is 1. The Labute approximate surface area is 128 Å². The fourth-order valence-corrected chi connectivity index (χ4v) is 2.54. The van der Waals surface area contributed by atoms with E-state index in [1.165, 1.54) is 5.56 Å². The zero-order valence-electron chi connectivity index (χ0n) is 12.9. The Hall–Kier alpha value is -2.69. The van der Waals surface area contributed by atoms with Gasteiger partial charge < -0.3 is 10.3 Å². The lowest BCUT2D eigenvalue weighted by molar-refractivity contribution is 0.0950. The molecule has 0 unspecified atom stereocenters. The highest BCUT2D eigenvalue weighted by Crippen LogP contribution is 2.19. The third-order valence-electron chi connectivity index (χ3n) is 3.76. The first-order valence-electron chi connectivity index (χ1n) is 7.19. The van der Waals surface area contributed by atoms with Gasteiger partial charge in [-0.2, -0.15) is 0 Å². The van der Waals surface area contributed by atoms with Crippen LogP contribution in [0.25, 0.3) is 10.9 Å². The maximum absolute atomic E-state index is 12.3. The van der Waals surface area contributed by atoms with Crippen LogP contribution in [0, 0.1) is 20.8 Å². The Kier molecular flexibility index (Phi) is 3.63. The number of carbonyl (C=O) groups excluding carboxylic acids is 1. The summed E-state index contributed by atoms with van der Waals surface area (Å²) in [5, 5.41) is 3.96. The molecule has 0 fully saturated rings. The van der Waals surface area contributed by atoms with Gasteiger partial charge in [-0.1, -0.05) is 6.07 Å². The molecule has 2 N–H and O–H groups in total. The van der Waals surface area contributed by atoms with Crippen LogP contribution in [-0.2, 0) is 6.54 Å². The molecule has 0 saturated heterocycles. The van der Waals surface area contributed by atoms with E-state index in [9.17, 15) is 4.79 Å². The molecule has 0 radical (unpaired) electrons. The third kappa shape index (κ3) is 2.70. The number of aromatic nitrogens is 3. The van der Waals surface area contributed by atoms with Crippen molar-refractivity contribution in [3.05, 3.63) is 58.8 Å². The number of pyridine rings is 1. The van der Waals surface area contributed by atoms with Crippen LogP contribution in [0.3, 0.4) is 0 Å². The molecule has 5 nitrogen and oxygen atoms in total. The van der Waals surface area contributed by atoms with Gasteiger partial charge >= 0.3 is 0 Å². The summed E-state index contributed by atoms with van der Waals surface area (Å²) in [5.74, 6) is -0.120. The van der Waals surface area contributed by atoms with E-state index in [-0.39, 0.29) is 5.91 Å². The summed E-state index contributed by atoms with van der Waals surface area (Å²) in [6, 6.07) is 7.66. The molecule has 0 spiro atoms. The zero-order valence-corrected chi connectivity index (χ0v) is 12.9. The van der Waals surface area contributed by atoms with E-state index >= 15 is 0 Å². The number of hydrogen-bond donors (Lipinski definition) is 2. The van der Waals surface area contributed by atoms with E-state index < -0.39 is 0 Å². The van der Waals surface area contributed by atoms with Gasteiger partial charge in [-0.15, -0.1) is 0 Å². The van der Waals surface area contributed by atoms with E-state index in [1.807, 2.05) is 38.1 Å². The number of nitrogens with one attached hydrogen (secondary N) is 2. The molecule has 3 rings (SSSR count). The van der Waals surface area contributed by atoms with Crippen molar-refractivity contribution in [1.82, 2.24) is 20.3 Å². The summed E-state index contributed by atoms with van der Waals surface area (Å²) < 4.78 is 0. The zero-order chi connectivity index (χ0) is 15.7. The summed E-state index contributed by atoms with van der Waals surface area (Å²) in [7, 11) is 0. The minimum absolute atomic E-state index is 0.120. The summed E-state index contributed by atoms with van der Waals surface area (Å²) in [6.07, 6.45) is 1.63. The second-order valence-corrected chi connectivity index (χ2v) is 5.47. The van der Waals surface area contributed by atoms with E-state index in [2.05, 4.69) is 27.2 Å². The first-order valence-corrected chi connectivity index (χ1v) is 7.19. The predicted molar refractivity (Wildman–Crippen MR) is 85.7 cm³/mol. The highest BCUT2D eigenvalue weighted by atomic mass is 16.1. The smallest absolute Gasteiger partial charge is 0.251 e. The predicted octanol–water partition coefficient (Wildman–Crippen LogP) is 2.81. The van der Waals surface area contributed by atoms with Crippen LogP contribution in [0.2, 0.25) is 0 Å². The molecule has 0 aliphatic carbocycles. The van der Waals surface area contributed by atoms with E-state index in [1.54, 1.807) is 6.33 Å². The molecule has 0 bridgehead atoms. The molecule has 1 aromatic carbocycles. The number of amides is 1. The number of H-pyrrole nitrogens is 1. The summed E-state index contributed by atoms with van der Waals surface area (Å²) in [4.78, 5) is 24.0. The number of imidazole rings is 1. The minimum Gasteiger partial charge on any atom is -0.348 e. The maximum Gasteiger partial charge on any atom is 0.251 e. The normalized spacial score (nSPS) is 10.9. The van der Waals surface area contributed by atoms with Gasteiger partial charge in [0.15, 0.2) is 0 Å². The van der Waals surface area contributed by atoms with Crippen LogP contribution >= 0.6 is 0 Å². The largest absolute Gasteiger partial charge is 0.348 e. The Morgan fingerprint density at radius 1 is 1.23 bits per heavy atom. The van der Waals surface area contributed by atoms with Gasteiger partial charge in [0.2, 0.25) is 0 Å². The topological polar surface area (TPSA) is 70.7 Å². The molecule has 0 atom stereocenters. The molecule has 1 amide bonds. The van der Waals surface area contributed by atoms with Gasteiger partial charge in [0.1, 0.15) is 0 Å². The van der Waals surface area contributed by atoms with Crippen LogP contribution in [0.5, 0.6) is 0 Å². The average molecular weight is 294 g/mol. The van der Waals surface area contributed by atoms with Crippen molar-refractivity contribution in [2.45, 2.75) is 27.3 Å². The summed E-state index contributed by atoms with van der Waals surface area (Å²) in [6.45, 7) is 6.35. The van der Waals surface area contributed by atoms with Gasteiger partial charge in [0.25, 0.3) is 5.91 Å². The first-order chi connectivity index (χ1) is 10.5. The molecular formula is C17H18N4O. The molecule has 2 heterocycles. The van der Waals surface area contributed by atoms with Gasteiger partial charge in [-0.05, 0) is 44.5 Å². The molecule has 22 heavy (non-hydrogen) atoms. The van der Waals surface area contributed by atoms with E-state index in [0.29, 0.717) is 12.1 Å². The third-order valence-corrected chi connectivity index (χ3v) is 3.76. The van der Waals surface area contributed by atoms with Gasteiger partial charge in [-0.3, -0.25) is 9.78 Å². The van der Waals surface area contributed by atoms with Crippen molar-refractivity contribution in [2.75, 3.05) is 0 Å². The van der Waals surface area contributed by atoms with Crippen molar-refractivity contribution >= 4 is 16.8 Å². The number of rotatable bonds is 3. The van der Waals surface area contributed by atoms with E-state index in [0.717, 1.165) is 28.0 Å². The van der Waals surface area contributed by atoms with Crippen molar-refractivity contribution in [1.29, 1.82) is 0 Å². The monoisotopic (exact) mass is 294 g/mol. The van der Waals surface area contributed by atoms with Gasteiger partial charge in [-0.25, -0.2) is 4.98 Å². The molecule has 0 aliphatic rings. The highest BCUT2D eigenvalue weighted by molar-refractivity contribution is 5.98. The average Bonchev–Trinajstić information content (AvgIpc) is 2.89. The highest BCUT2D eigenvalue weighted by Gasteiger charge is 2.09. The molecule has 5 heteroatoms. The maximum atomic E-state index is 12.3. The number of aryl methyl sites for hydroxylation is 3. The Bertz CT molecular complexity index is 851. The van der Waals surface area contributed by atoms with Crippen LogP contribution < -0.4 is 5.32 Å². The fraction of sp³-hybridized carbons (Fsp3) is 0.235. The first kappa shape index (κ1) is 14.3. The lowest BCUT2D eigenvalue weighted by Gasteiger charge is -2.07. The minimum atomic E-state index is -0.120. The number of fused-ring (bicyclic) bond motifs is 1. The summed E-state index contributed by atoms with van der Waals surface area (Å²) in [5.41, 5.74) is 5.39. The molecule has 112 valence electrons. The molecule has 2 aromatic heterocycles. The fourth-order valence-electron chi connectivity index (χ4n) is 2.54. The lowest BCUT2D eigenvalue weighted by atomic mass is 10.1. The quantitative estimate of drug-likeness (QED) is 0.780. The Balaban J connectivity index is 1.83. The van der Waals surface area contributed by atoms with Crippen molar-refractivity contribution in [3.8, 4) is 0 Å². The standard InChI is InChI=1S/C17H18N4O/c1-10-6-11(2)21-15-7-13(4-5-14(10)15)17(22)18-8-16-12(3)19-9-20-16/h4-7,9H,8H2,1-3H3,(H,18,22)(H,19,20). The van der Waals surface area contributed by atoms with Crippen LogP contribution in [0.15, 0.2) is 30.6 Å². The van der Waals surface area contributed by atoms with Gasteiger partial charge in [0, 0.05) is 22.3 Å². The molecule has 0 saturated carbocycles. The number of carbonyl (C=O) groups is 1. The van der Waals surface area contributed by atoms with E-state index in [4.69, 9.17) is 0 Å². The number of nitrogens with zero attached hydrogens (tertiary/aromatic N) is 2. The Morgan fingerprint density at radius 2 is 2.05 bits per heavy atom. The van der Waals surface area contributed by atoms with Crippen LogP contribution in [0.4, 0.5) is 0 Å². The van der Waals surface area contributed by atoms with Crippen molar-refractivity contribution in [3.63, 3.8) is 0 Å². The lowest BCUT2D eigenvalue weighted by Crippen LogP contribution is -2.23. The molecular weight excluding hydrogens is 276 g/mol. The number of benzene rings is 1. The second kappa shape index (κ2) is 5.60. The van der Waals surface area contributed by atoms with Crippen molar-refractivity contribution < 1.29 is 4.79 Å². The van der Waals surface area contributed by atoms with Crippen LogP contribution in [0.1, 0.15) is 33.0 Å². The van der Waals surface area contributed by atoms with Gasteiger partial charge in [0.05, 0.1) is 24.1 Å².